The van der Waals surface area contributed by atoms with Crippen LogP contribution in [0.2, 0.25) is 0 Å². The maximum absolute atomic E-state index is 13.7. The number of nitrogens with zero attached hydrogens (tertiary/aromatic N) is 2. The number of carbonyl (C=O) groups excluding carboxylic acids is 2. The molecule has 0 heterocycles. The molecule has 0 spiro atoms. The Balaban J connectivity index is 1.98. The third-order valence-corrected chi connectivity index (χ3v) is 7.63. The van der Waals surface area contributed by atoms with Crippen molar-refractivity contribution >= 4 is 27.5 Å². The van der Waals surface area contributed by atoms with Crippen LogP contribution in [0.15, 0.2) is 89.8 Å². The lowest BCUT2D eigenvalue weighted by Gasteiger charge is -2.32. The molecule has 0 saturated carbocycles. The molecule has 0 aliphatic carbocycles. The van der Waals surface area contributed by atoms with E-state index in [-0.39, 0.29) is 17.3 Å². The number of nitrogens with one attached hydrogen (secondary N) is 1. The highest BCUT2D eigenvalue weighted by Gasteiger charge is 2.32. The first kappa shape index (κ1) is 26.9. The van der Waals surface area contributed by atoms with Gasteiger partial charge in [0.15, 0.2) is 0 Å². The van der Waals surface area contributed by atoms with Gasteiger partial charge in [-0.2, -0.15) is 0 Å². The predicted octanol–water partition coefficient (Wildman–Crippen LogP) is 4.13. The van der Waals surface area contributed by atoms with E-state index in [9.17, 15) is 18.0 Å². The second-order valence-electron chi connectivity index (χ2n) is 8.63. The average molecular weight is 508 g/mol. The largest absolute Gasteiger partial charge is 0.354 e. The van der Waals surface area contributed by atoms with Crippen molar-refractivity contribution < 1.29 is 18.0 Å². The van der Waals surface area contributed by atoms with Gasteiger partial charge in [-0.25, -0.2) is 8.42 Å². The van der Waals surface area contributed by atoms with Gasteiger partial charge in [-0.15, -0.1) is 0 Å². The standard InChI is InChI=1S/C28H33N3O4S/c1-4-19-29-28(33)23(3)30(20-24-11-7-5-8-12-24)27(32)21-31(25-17-15-22(2)16-18-25)36(34,35)26-13-9-6-10-14-26/h5-18,23H,4,19-21H2,1-3H3,(H,29,33). The first-order chi connectivity index (χ1) is 17.2. The van der Waals surface area contributed by atoms with Gasteiger partial charge in [0.05, 0.1) is 10.6 Å². The molecule has 8 heteroatoms. The van der Waals surface area contributed by atoms with Crippen molar-refractivity contribution in [3.05, 3.63) is 96.1 Å². The number of amides is 2. The van der Waals surface area contributed by atoms with E-state index in [4.69, 9.17) is 0 Å². The van der Waals surface area contributed by atoms with Gasteiger partial charge in [0.25, 0.3) is 10.0 Å². The maximum atomic E-state index is 13.7. The van der Waals surface area contributed by atoms with Crippen LogP contribution in [0, 0.1) is 6.92 Å². The Bertz CT molecular complexity index is 1250. The Labute approximate surface area is 213 Å². The number of benzene rings is 3. The molecule has 0 bridgehead atoms. The summed E-state index contributed by atoms with van der Waals surface area (Å²) in [6.07, 6.45) is 0.765. The topological polar surface area (TPSA) is 86.8 Å². The first-order valence-electron chi connectivity index (χ1n) is 12.0. The lowest BCUT2D eigenvalue weighted by molar-refractivity contribution is -0.139. The Morgan fingerprint density at radius 1 is 0.889 bits per heavy atom. The van der Waals surface area contributed by atoms with Crippen molar-refractivity contribution in [2.45, 2.75) is 44.7 Å². The number of hydrogen-bond donors (Lipinski definition) is 1. The van der Waals surface area contributed by atoms with E-state index in [1.165, 1.54) is 17.0 Å². The molecule has 190 valence electrons. The van der Waals surface area contributed by atoms with E-state index in [2.05, 4.69) is 5.32 Å². The van der Waals surface area contributed by atoms with Crippen molar-refractivity contribution in [2.24, 2.45) is 0 Å². The van der Waals surface area contributed by atoms with Gasteiger partial charge in [0, 0.05) is 13.1 Å². The van der Waals surface area contributed by atoms with Crippen molar-refractivity contribution in [2.75, 3.05) is 17.4 Å². The summed E-state index contributed by atoms with van der Waals surface area (Å²) in [5.41, 5.74) is 2.18. The normalized spacial score (nSPS) is 12.0. The highest BCUT2D eigenvalue weighted by Crippen LogP contribution is 2.25. The van der Waals surface area contributed by atoms with E-state index < -0.39 is 28.5 Å². The van der Waals surface area contributed by atoms with Crippen LogP contribution >= 0.6 is 0 Å². The third kappa shape index (κ3) is 6.73. The van der Waals surface area contributed by atoms with E-state index in [0.29, 0.717) is 12.2 Å². The SMILES string of the molecule is CCCNC(=O)C(C)N(Cc1ccccc1)C(=O)CN(c1ccc(C)cc1)S(=O)(=O)c1ccccc1. The molecule has 1 atom stereocenters. The van der Waals surface area contributed by atoms with Crippen LogP contribution in [0.3, 0.4) is 0 Å². The summed E-state index contributed by atoms with van der Waals surface area (Å²) in [6.45, 7) is 5.74. The van der Waals surface area contributed by atoms with Crippen LogP contribution in [0.1, 0.15) is 31.4 Å². The lowest BCUT2D eigenvalue weighted by Crippen LogP contribution is -2.51. The minimum atomic E-state index is -4.04. The molecule has 3 aromatic rings. The minimum absolute atomic E-state index is 0.0849. The summed E-state index contributed by atoms with van der Waals surface area (Å²) in [6, 6.07) is 23.5. The maximum Gasteiger partial charge on any atom is 0.264 e. The molecule has 0 radical (unpaired) electrons. The van der Waals surface area contributed by atoms with Crippen molar-refractivity contribution in [3.8, 4) is 0 Å². The van der Waals surface area contributed by atoms with Gasteiger partial charge >= 0.3 is 0 Å². The van der Waals surface area contributed by atoms with Crippen molar-refractivity contribution in [3.63, 3.8) is 0 Å². The Morgan fingerprint density at radius 2 is 1.47 bits per heavy atom. The predicted molar refractivity (Wildman–Crippen MR) is 142 cm³/mol. The van der Waals surface area contributed by atoms with E-state index >= 15 is 0 Å². The molecule has 0 saturated heterocycles. The molecule has 0 aliphatic heterocycles. The molecule has 2 amide bonds. The minimum Gasteiger partial charge on any atom is -0.354 e. The summed E-state index contributed by atoms with van der Waals surface area (Å²) in [5.74, 6) is -0.757. The highest BCUT2D eigenvalue weighted by molar-refractivity contribution is 7.92. The van der Waals surface area contributed by atoms with Crippen LogP contribution in [0.5, 0.6) is 0 Å². The highest BCUT2D eigenvalue weighted by atomic mass is 32.2. The van der Waals surface area contributed by atoms with Gasteiger partial charge in [-0.3, -0.25) is 13.9 Å². The van der Waals surface area contributed by atoms with Crippen LogP contribution < -0.4 is 9.62 Å². The van der Waals surface area contributed by atoms with Crippen LogP contribution in [-0.4, -0.2) is 44.3 Å². The van der Waals surface area contributed by atoms with Crippen molar-refractivity contribution in [1.82, 2.24) is 10.2 Å². The molecule has 1 unspecified atom stereocenters. The summed E-state index contributed by atoms with van der Waals surface area (Å²) in [5, 5.41) is 2.84. The monoisotopic (exact) mass is 507 g/mol. The zero-order valence-electron chi connectivity index (χ0n) is 20.9. The molecule has 0 aromatic heterocycles. The van der Waals surface area contributed by atoms with Crippen LogP contribution in [0.25, 0.3) is 0 Å². The fourth-order valence-corrected chi connectivity index (χ4v) is 5.15. The fraction of sp³-hybridized carbons (Fsp3) is 0.286. The number of hydrogen-bond acceptors (Lipinski definition) is 4. The molecule has 0 aliphatic rings. The zero-order valence-corrected chi connectivity index (χ0v) is 21.7. The Hall–Kier alpha value is -3.65. The number of rotatable bonds is 11. The van der Waals surface area contributed by atoms with Gasteiger partial charge in [0.2, 0.25) is 11.8 Å². The lowest BCUT2D eigenvalue weighted by atomic mass is 10.1. The van der Waals surface area contributed by atoms with Crippen LogP contribution in [-0.2, 0) is 26.2 Å². The second kappa shape index (κ2) is 12.4. The molecule has 0 fully saturated rings. The Kier molecular flexibility index (Phi) is 9.25. The second-order valence-corrected chi connectivity index (χ2v) is 10.5. The fourth-order valence-electron chi connectivity index (χ4n) is 3.72. The molecule has 3 aromatic carbocycles. The third-order valence-electron chi connectivity index (χ3n) is 5.84. The smallest absolute Gasteiger partial charge is 0.264 e. The summed E-state index contributed by atoms with van der Waals surface area (Å²) < 4.78 is 28.4. The molecular weight excluding hydrogens is 474 g/mol. The van der Waals surface area contributed by atoms with E-state index in [0.717, 1.165) is 21.9 Å². The van der Waals surface area contributed by atoms with Crippen molar-refractivity contribution in [1.29, 1.82) is 0 Å². The molecule has 7 nitrogen and oxygen atoms in total. The molecule has 1 N–H and O–H groups in total. The summed E-state index contributed by atoms with van der Waals surface area (Å²) in [4.78, 5) is 28.1. The van der Waals surface area contributed by atoms with Gasteiger partial charge in [-0.05, 0) is 50.1 Å². The van der Waals surface area contributed by atoms with E-state index in [1.807, 2.05) is 44.2 Å². The number of carbonyl (C=O) groups is 2. The van der Waals surface area contributed by atoms with E-state index in [1.54, 1.807) is 49.4 Å². The Morgan fingerprint density at radius 3 is 2.06 bits per heavy atom. The number of anilines is 1. The summed E-state index contributed by atoms with van der Waals surface area (Å²) >= 11 is 0. The van der Waals surface area contributed by atoms with Crippen LogP contribution in [0.4, 0.5) is 5.69 Å². The van der Waals surface area contributed by atoms with Gasteiger partial charge in [-0.1, -0.05) is 73.2 Å². The average Bonchev–Trinajstić information content (AvgIpc) is 2.90. The summed E-state index contributed by atoms with van der Waals surface area (Å²) in [7, 11) is -4.04. The molecule has 3 rings (SSSR count). The zero-order chi connectivity index (χ0) is 26.1. The molecule has 36 heavy (non-hydrogen) atoms. The first-order valence-corrected chi connectivity index (χ1v) is 13.4. The van der Waals surface area contributed by atoms with Gasteiger partial charge in [0.1, 0.15) is 12.6 Å². The number of aryl methyl sites for hydroxylation is 1. The van der Waals surface area contributed by atoms with Gasteiger partial charge < -0.3 is 10.2 Å². The quantitative estimate of drug-likeness (QED) is 0.423. The number of sulfonamides is 1. The molecular formula is C28H33N3O4S.